The highest BCUT2D eigenvalue weighted by Crippen LogP contribution is 2.29. The number of nitrogens with one attached hydrogen (secondary N) is 2. The van der Waals surface area contributed by atoms with Crippen LogP contribution in [-0.4, -0.2) is 45.8 Å². The number of aromatic nitrogens is 3. The van der Waals surface area contributed by atoms with Gasteiger partial charge in [0, 0.05) is 18.2 Å². The van der Waals surface area contributed by atoms with Crippen LogP contribution in [0.2, 0.25) is 0 Å². The molecular formula is C26H35N5O4. The third kappa shape index (κ3) is 6.49. The second-order valence-corrected chi connectivity index (χ2v) is 9.65. The van der Waals surface area contributed by atoms with E-state index in [-0.39, 0.29) is 36.4 Å². The van der Waals surface area contributed by atoms with Gasteiger partial charge in [0.1, 0.15) is 22.7 Å². The van der Waals surface area contributed by atoms with Crippen molar-refractivity contribution in [2.24, 2.45) is 0 Å². The average molecular weight is 482 g/mol. The minimum absolute atomic E-state index is 0.105. The molecule has 2 N–H and O–H groups in total. The first-order valence-corrected chi connectivity index (χ1v) is 11.8. The van der Waals surface area contributed by atoms with E-state index < -0.39 is 11.6 Å². The maximum absolute atomic E-state index is 13.7. The van der Waals surface area contributed by atoms with Crippen molar-refractivity contribution in [3.05, 3.63) is 52.3 Å². The third-order valence-corrected chi connectivity index (χ3v) is 5.19. The summed E-state index contributed by atoms with van der Waals surface area (Å²) in [6, 6.07) is 11.0. The lowest BCUT2D eigenvalue weighted by Crippen LogP contribution is -2.30. The molecule has 35 heavy (non-hydrogen) atoms. The molecule has 0 aliphatic heterocycles. The smallest absolute Gasteiger partial charge is 0.308 e. The molecular weight excluding hydrogens is 446 g/mol. The van der Waals surface area contributed by atoms with Crippen molar-refractivity contribution in [3.8, 4) is 5.75 Å². The van der Waals surface area contributed by atoms with E-state index in [0.29, 0.717) is 22.7 Å². The summed E-state index contributed by atoms with van der Waals surface area (Å²) < 4.78 is 12.5. The number of carbonyl (C=O) groups excluding carboxylic acids is 1. The summed E-state index contributed by atoms with van der Waals surface area (Å²) in [7, 11) is 1.60. The van der Waals surface area contributed by atoms with Crippen LogP contribution in [0.5, 0.6) is 5.75 Å². The Hall–Kier alpha value is -3.62. The number of pyridine rings is 1. The first kappa shape index (κ1) is 26.0. The Morgan fingerprint density at radius 1 is 1.09 bits per heavy atom. The van der Waals surface area contributed by atoms with Crippen LogP contribution in [0.25, 0.3) is 11.2 Å². The van der Waals surface area contributed by atoms with Crippen molar-refractivity contribution in [2.75, 3.05) is 24.3 Å². The van der Waals surface area contributed by atoms with Crippen molar-refractivity contribution >= 4 is 28.8 Å². The number of nitrogens with zero attached hydrogens (tertiary/aromatic N) is 3. The SMILES string of the molecule is COc1ccccc1[C@H](C)n1c(=O)c(NCCC(=O)OC(C)(C)C)nc2ccc(NC(C)C)nc21. The van der Waals surface area contributed by atoms with Crippen molar-refractivity contribution in [1.29, 1.82) is 0 Å². The highest BCUT2D eigenvalue weighted by molar-refractivity contribution is 5.75. The number of anilines is 2. The number of fused-ring (bicyclic) bond motifs is 1. The topological polar surface area (TPSA) is 107 Å². The Morgan fingerprint density at radius 3 is 2.46 bits per heavy atom. The molecule has 0 aliphatic rings. The van der Waals surface area contributed by atoms with Gasteiger partial charge in [0.25, 0.3) is 5.56 Å². The van der Waals surface area contributed by atoms with Crippen LogP contribution in [0.4, 0.5) is 11.6 Å². The fourth-order valence-corrected chi connectivity index (χ4v) is 3.76. The molecule has 0 aliphatic carbocycles. The number of benzene rings is 1. The van der Waals surface area contributed by atoms with Crippen molar-refractivity contribution in [1.82, 2.24) is 14.5 Å². The molecule has 0 fully saturated rings. The van der Waals surface area contributed by atoms with Gasteiger partial charge in [0.05, 0.1) is 19.6 Å². The summed E-state index contributed by atoms with van der Waals surface area (Å²) in [6.07, 6.45) is 0.105. The number of rotatable bonds is 9. The fraction of sp³-hybridized carbons (Fsp3) is 0.462. The first-order chi connectivity index (χ1) is 16.5. The van der Waals surface area contributed by atoms with E-state index in [1.54, 1.807) is 11.7 Å². The molecule has 0 saturated heterocycles. The van der Waals surface area contributed by atoms with Crippen molar-refractivity contribution in [2.45, 2.75) is 65.6 Å². The number of para-hydroxylation sites is 1. The normalized spacial score (nSPS) is 12.5. The molecule has 3 rings (SSSR count). The molecule has 1 aromatic carbocycles. The van der Waals surface area contributed by atoms with E-state index in [1.165, 1.54) is 0 Å². The van der Waals surface area contributed by atoms with E-state index in [9.17, 15) is 9.59 Å². The van der Waals surface area contributed by atoms with Crippen LogP contribution < -0.4 is 20.9 Å². The van der Waals surface area contributed by atoms with Gasteiger partial charge >= 0.3 is 5.97 Å². The van der Waals surface area contributed by atoms with E-state index in [2.05, 4.69) is 15.6 Å². The van der Waals surface area contributed by atoms with Gasteiger partial charge in [-0.05, 0) is 59.7 Å². The standard InChI is InChI=1S/C26H35N5O4/c1-16(2)28-21-13-12-19-24(30-21)31(17(3)18-10-8-9-11-20(18)34-7)25(33)23(29-19)27-15-14-22(32)35-26(4,5)6/h8-13,16-17H,14-15H2,1-7H3,(H,27,29)(H,28,30)/t17-/m0/s1. The van der Waals surface area contributed by atoms with Crippen LogP contribution in [0, 0.1) is 0 Å². The van der Waals surface area contributed by atoms with E-state index in [4.69, 9.17) is 14.5 Å². The predicted molar refractivity (Wildman–Crippen MR) is 138 cm³/mol. The molecule has 0 amide bonds. The zero-order valence-electron chi connectivity index (χ0n) is 21.5. The second kappa shape index (κ2) is 10.8. The zero-order valence-corrected chi connectivity index (χ0v) is 21.5. The monoisotopic (exact) mass is 481 g/mol. The van der Waals surface area contributed by atoms with E-state index in [1.807, 2.05) is 77.9 Å². The summed E-state index contributed by atoms with van der Waals surface area (Å²) in [5, 5.41) is 6.30. The molecule has 0 spiro atoms. The summed E-state index contributed by atoms with van der Waals surface area (Å²) >= 11 is 0. The molecule has 188 valence electrons. The first-order valence-electron chi connectivity index (χ1n) is 11.8. The summed E-state index contributed by atoms with van der Waals surface area (Å²) in [6.45, 7) is 11.6. The molecule has 0 saturated carbocycles. The Bertz CT molecular complexity index is 1250. The van der Waals surface area contributed by atoms with Gasteiger partial charge in [-0.25, -0.2) is 9.97 Å². The highest BCUT2D eigenvalue weighted by Gasteiger charge is 2.22. The maximum atomic E-state index is 13.7. The van der Waals surface area contributed by atoms with Gasteiger partial charge in [0.2, 0.25) is 0 Å². The number of esters is 1. The fourth-order valence-electron chi connectivity index (χ4n) is 3.76. The van der Waals surface area contributed by atoms with Gasteiger partial charge in [-0.1, -0.05) is 18.2 Å². The van der Waals surface area contributed by atoms with Crippen molar-refractivity contribution < 1.29 is 14.3 Å². The summed E-state index contributed by atoms with van der Waals surface area (Å²) in [4.78, 5) is 35.0. The van der Waals surface area contributed by atoms with E-state index >= 15 is 0 Å². The number of hydrogen-bond donors (Lipinski definition) is 2. The lowest BCUT2D eigenvalue weighted by atomic mass is 10.1. The lowest BCUT2D eigenvalue weighted by Gasteiger charge is -2.22. The predicted octanol–water partition coefficient (Wildman–Crippen LogP) is 4.37. The Labute approximate surface area is 205 Å². The van der Waals surface area contributed by atoms with Gasteiger partial charge < -0.3 is 20.1 Å². The summed E-state index contributed by atoms with van der Waals surface area (Å²) in [5.41, 5.74) is 0.947. The van der Waals surface area contributed by atoms with Gasteiger partial charge in [-0.2, -0.15) is 0 Å². The maximum Gasteiger partial charge on any atom is 0.308 e. The molecule has 3 aromatic rings. The molecule has 9 heteroatoms. The highest BCUT2D eigenvalue weighted by atomic mass is 16.6. The largest absolute Gasteiger partial charge is 0.496 e. The number of carbonyl (C=O) groups is 1. The van der Waals surface area contributed by atoms with Gasteiger partial charge in [-0.3, -0.25) is 14.2 Å². The van der Waals surface area contributed by atoms with Crippen LogP contribution in [0.1, 0.15) is 59.6 Å². The minimum atomic E-state index is -0.567. The molecule has 0 unspecified atom stereocenters. The van der Waals surface area contributed by atoms with Gasteiger partial charge in [-0.15, -0.1) is 0 Å². The number of hydrogen-bond acceptors (Lipinski definition) is 8. The molecule has 0 radical (unpaired) electrons. The van der Waals surface area contributed by atoms with Gasteiger partial charge in [0.15, 0.2) is 11.5 Å². The van der Waals surface area contributed by atoms with Crippen LogP contribution in [0.3, 0.4) is 0 Å². The molecule has 2 aromatic heterocycles. The molecule has 2 heterocycles. The number of ether oxygens (including phenoxy) is 2. The summed E-state index contributed by atoms with van der Waals surface area (Å²) in [5.74, 6) is 1.13. The van der Waals surface area contributed by atoms with Crippen LogP contribution in [-0.2, 0) is 9.53 Å². The van der Waals surface area contributed by atoms with Crippen LogP contribution >= 0.6 is 0 Å². The van der Waals surface area contributed by atoms with Crippen molar-refractivity contribution in [3.63, 3.8) is 0 Å². The molecule has 9 nitrogen and oxygen atoms in total. The lowest BCUT2D eigenvalue weighted by molar-refractivity contribution is -0.154. The Kier molecular flexibility index (Phi) is 7.99. The minimum Gasteiger partial charge on any atom is -0.496 e. The zero-order chi connectivity index (χ0) is 25.8. The third-order valence-electron chi connectivity index (χ3n) is 5.19. The van der Waals surface area contributed by atoms with E-state index in [0.717, 1.165) is 5.56 Å². The molecule has 0 bridgehead atoms. The Morgan fingerprint density at radius 2 is 1.80 bits per heavy atom. The quantitative estimate of drug-likeness (QED) is 0.434. The average Bonchev–Trinajstić information content (AvgIpc) is 2.77. The Balaban J connectivity index is 2.05. The van der Waals surface area contributed by atoms with Crippen LogP contribution in [0.15, 0.2) is 41.2 Å². The second-order valence-electron chi connectivity index (χ2n) is 9.65. The number of methoxy groups -OCH3 is 1. The molecule has 1 atom stereocenters.